The summed E-state index contributed by atoms with van der Waals surface area (Å²) in [6, 6.07) is 8.56. The van der Waals surface area contributed by atoms with E-state index in [4.69, 9.17) is 16.6 Å². The number of aromatic nitrogens is 5. The number of aryl methyl sites for hydroxylation is 1. The van der Waals surface area contributed by atoms with Crippen molar-refractivity contribution in [1.82, 2.24) is 29.9 Å². The maximum atomic E-state index is 15.1. The minimum Gasteiger partial charge on any atom is -0.378 e. The standard InChI is InChI=1S/C37H35ClF4N8O3S.C2H6/c1-19(51)43-34-26-11-13-37(41,42)33(26)50(47-34)18-29(52)45-28(16-20-14-21(39)17-22(40)15-20)31-24(7-6-23(44-31)10-12-36(2,3)53)25-8-9-27(38)30-32(25)49(4)46-35(30)48-54-5;1-2/h6-9,14-15,17,28,53H,11,13,16,18H2,1-5H3,(H,45,52)(H,46,48)(H,43,47,51);1-2H3. The van der Waals surface area contributed by atoms with Crippen molar-refractivity contribution in [1.29, 1.82) is 0 Å². The van der Waals surface area contributed by atoms with Crippen LogP contribution in [0, 0.1) is 23.5 Å². The number of nitrogens with one attached hydrogen (secondary N) is 3. The van der Waals surface area contributed by atoms with E-state index in [2.05, 4.69) is 37.4 Å². The number of hydrogen-bond donors (Lipinski definition) is 4. The van der Waals surface area contributed by atoms with Crippen LogP contribution >= 0.6 is 23.5 Å². The second kappa shape index (κ2) is 16.9. The van der Waals surface area contributed by atoms with Crippen LogP contribution in [0.1, 0.15) is 75.3 Å². The number of anilines is 2. The van der Waals surface area contributed by atoms with E-state index in [1.165, 1.54) is 32.7 Å². The zero-order chi connectivity index (χ0) is 41.1. The predicted octanol–water partition coefficient (Wildman–Crippen LogP) is 7.70. The van der Waals surface area contributed by atoms with E-state index in [0.29, 0.717) is 38.9 Å². The van der Waals surface area contributed by atoms with Gasteiger partial charge in [0.05, 0.1) is 27.7 Å². The van der Waals surface area contributed by atoms with Crippen molar-refractivity contribution < 1.29 is 32.3 Å². The summed E-state index contributed by atoms with van der Waals surface area (Å²) in [4.78, 5) is 30.6. The van der Waals surface area contributed by atoms with Gasteiger partial charge in [0.25, 0.3) is 5.92 Å². The fourth-order valence-electron chi connectivity index (χ4n) is 6.50. The van der Waals surface area contributed by atoms with Crippen LogP contribution in [0.15, 0.2) is 42.5 Å². The fraction of sp³-hybridized carbons (Fsp3) is 0.359. The Morgan fingerprint density at radius 2 is 1.75 bits per heavy atom. The molecular weight excluding hydrogens is 772 g/mol. The quantitative estimate of drug-likeness (QED) is 0.0640. The normalized spacial score (nSPS) is 13.6. The van der Waals surface area contributed by atoms with Crippen LogP contribution in [-0.4, -0.2) is 53.3 Å². The Kier molecular flexibility index (Phi) is 12.7. The van der Waals surface area contributed by atoms with Gasteiger partial charge in [-0.2, -0.15) is 19.0 Å². The van der Waals surface area contributed by atoms with E-state index in [1.54, 1.807) is 36.0 Å². The number of alkyl halides is 2. The van der Waals surface area contributed by atoms with E-state index in [9.17, 15) is 23.5 Å². The Morgan fingerprint density at radius 1 is 1.07 bits per heavy atom. The van der Waals surface area contributed by atoms with Crippen molar-refractivity contribution in [2.45, 2.75) is 78.0 Å². The van der Waals surface area contributed by atoms with Crippen LogP contribution in [-0.2, 0) is 41.9 Å². The average Bonchev–Trinajstić information content (AvgIpc) is 3.74. The van der Waals surface area contributed by atoms with E-state index < -0.39 is 59.7 Å². The molecule has 1 atom stereocenters. The molecule has 6 rings (SSSR count). The average molecular weight is 813 g/mol. The third-order valence-corrected chi connectivity index (χ3v) is 9.26. The number of benzene rings is 2. The van der Waals surface area contributed by atoms with Crippen LogP contribution in [0.3, 0.4) is 0 Å². The SMILES string of the molecule is CC.CSNc1nn(C)c2c(-c3ccc(C#CC(C)(C)O)nc3C(Cc3cc(F)cc(F)c3)NC(=O)Cn3nc(NC(C)=O)c4c3C(F)(F)CC4)ccc(Cl)c12. The lowest BCUT2D eigenvalue weighted by atomic mass is 9.93. The molecule has 0 fully saturated rings. The van der Waals surface area contributed by atoms with E-state index >= 15 is 8.78 Å². The van der Waals surface area contributed by atoms with Gasteiger partial charge in [-0.3, -0.25) is 19.0 Å². The third-order valence-electron chi connectivity index (χ3n) is 8.55. The molecule has 296 valence electrons. The van der Waals surface area contributed by atoms with Crippen LogP contribution in [0.4, 0.5) is 29.2 Å². The molecule has 11 nitrogen and oxygen atoms in total. The molecule has 2 aromatic carbocycles. The number of hydrogen-bond acceptors (Lipinski definition) is 8. The van der Waals surface area contributed by atoms with Gasteiger partial charge < -0.3 is 20.5 Å². The van der Waals surface area contributed by atoms with Crippen molar-refractivity contribution in [3.63, 3.8) is 0 Å². The minimum absolute atomic E-state index is 0.0587. The fourth-order valence-corrected chi connectivity index (χ4v) is 7.08. The Morgan fingerprint density at radius 3 is 2.39 bits per heavy atom. The van der Waals surface area contributed by atoms with E-state index in [1.807, 2.05) is 20.1 Å². The smallest absolute Gasteiger partial charge is 0.290 e. The largest absolute Gasteiger partial charge is 0.378 e. The van der Waals surface area contributed by atoms with Crippen molar-refractivity contribution in [3.8, 4) is 23.0 Å². The van der Waals surface area contributed by atoms with Crippen LogP contribution in [0.25, 0.3) is 22.0 Å². The number of carbonyl (C=O) groups excluding carboxylic acids is 2. The molecular formula is C39H41ClF4N8O3S. The lowest BCUT2D eigenvalue weighted by Crippen LogP contribution is -2.35. The lowest BCUT2D eigenvalue weighted by molar-refractivity contribution is -0.122. The molecule has 56 heavy (non-hydrogen) atoms. The predicted molar refractivity (Wildman–Crippen MR) is 210 cm³/mol. The number of halogens is 5. The number of nitrogens with zero attached hydrogens (tertiary/aromatic N) is 5. The highest BCUT2D eigenvalue weighted by Crippen LogP contribution is 2.45. The first-order chi connectivity index (χ1) is 26.4. The zero-order valence-corrected chi connectivity index (χ0v) is 33.3. The molecule has 2 amide bonds. The molecule has 1 aliphatic carbocycles. The molecule has 4 N–H and O–H groups in total. The monoisotopic (exact) mass is 812 g/mol. The summed E-state index contributed by atoms with van der Waals surface area (Å²) in [5, 5.41) is 25.4. The molecule has 0 spiro atoms. The van der Waals surface area contributed by atoms with Crippen molar-refractivity contribution in [3.05, 3.63) is 87.3 Å². The van der Waals surface area contributed by atoms with Gasteiger partial charge in [0, 0.05) is 49.4 Å². The Bertz CT molecular complexity index is 2340. The highest BCUT2D eigenvalue weighted by molar-refractivity contribution is 7.99. The molecule has 1 unspecified atom stereocenters. The molecule has 0 saturated heterocycles. The van der Waals surface area contributed by atoms with Gasteiger partial charge in [-0.05, 0) is 68.5 Å². The summed E-state index contributed by atoms with van der Waals surface area (Å²) in [6.45, 7) is 7.53. The highest BCUT2D eigenvalue weighted by Gasteiger charge is 2.45. The molecule has 17 heteroatoms. The molecule has 0 aliphatic heterocycles. The first-order valence-electron chi connectivity index (χ1n) is 17.6. The van der Waals surface area contributed by atoms with E-state index in [-0.39, 0.29) is 41.2 Å². The summed E-state index contributed by atoms with van der Waals surface area (Å²) in [7, 11) is 1.73. The maximum Gasteiger partial charge on any atom is 0.290 e. The number of fused-ring (bicyclic) bond motifs is 2. The van der Waals surface area contributed by atoms with Crippen molar-refractivity contribution in [2.75, 3.05) is 16.3 Å². The van der Waals surface area contributed by atoms with Gasteiger partial charge in [0.1, 0.15) is 35.2 Å². The number of pyridine rings is 1. The summed E-state index contributed by atoms with van der Waals surface area (Å²) < 4.78 is 65.0. The number of amides is 2. The van der Waals surface area contributed by atoms with Gasteiger partial charge in [0.2, 0.25) is 11.8 Å². The van der Waals surface area contributed by atoms with Crippen molar-refractivity contribution >= 4 is 57.9 Å². The van der Waals surface area contributed by atoms with Gasteiger partial charge in [-0.25, -0.2) is 13.8 Å². The first kappa shape index (κ1) is 42.0. The third kappa shape index (κ3) is 9.29. The molecule has 0 bridgehead atoms. The first-order valence-corrected chi connectivity index (χ1v) is 19.3. The van der Waals surface area contributed by atoms with Crippen LogP contribution in [0.5, 0.6) is 0 Å². The molecule has 1 aliphatic rings. The Balaban J connectivity index is 0.00000295. The maximum absolute atomic E-state index is 15.1. The molecule has 0 saturated carbocycles. The Labute approximate surface area is 330 Å². The molecule has 0 radical (unpaired) electrons. The summed E-state index contributed by atoms with van der Waals surface area (Å²) in [6.07, 6.45) is 1.05. The van der Waals surface area contributed by atoms with E-state index in [0.717, 1.165) is 16.8 Å². The topological polar surface area (TPSA) is 139 Å². The van der Waals surface area contributed by atoms with Gasteiger partial charge in [0.15, 0.2) is 11.6 Å². The number of aliphatic hydroxyl groups is 1. The minimum atomic E-state index is -3.31. The van der Waals surface area contributed by atoms with Crippen molar-refractivity contribution in [2.24, 2.45) is 7.05 Å². The van der Waals surface area contributed by atoms with Gasteiger partial charge in [-0.1, -0.05) is 49.4 Å². The zero-order valence-electron chi connectivity index (χ0n) is 31.7. The molecule has 5 aromatic rings. The summed E-state index contributed by atoms with van der Waals surface area (Å²) in [5.41, 5.74) is 0.470. The molecule has 3 heterocycles. The second-order valence-corrected chi connectivity index (χ2v) is 14.4. The second-order valence-electron chi connectivity index (χ2n) is 13.4. The van der Waals surface area contributed by atoms with Crippen LogP contribution < -0.4 is 15.4 Å². The highest BCUT2D eigenvalue weighted by atomic mass is 35.5. The van der Waals surface area contributed by atoms with Gasteiger partial charge in [-0.15, -0.1) is 0 Å². The molecule has 3 aromatic heterocycles. The number of rotatable bonds is 10. The summed E-state index contributed by atoms with van der Waals surface area (Å²) >= 11 is 8.00. The van der Waals surface area contributed by atoms with Gasteiger partial charge >= 0.3 is 0 Å². The Hall–Kier alpha value is -5.11. The van der Waals surface area contributed by atoms with Crippen LogP contribution in [0.2, 0.25) is 5.02 Å². The lowest BCUT2D eigenvalue weighted by Gasteiger charge is -2.23. The summed E-state index contributed by atoms with van der Waals surface area (Å²) in [5.74, 6) is -0.324. The number of carbonyl (C=O) groups is 2.